The minimum Gasteiger partial charge on any atom is -0.390 e. The number of hydrogen-bond acceptors (Lipinski definition) is 5. The van der Waals surface area contributed by atoms with Crippen LogP contribution in [0.15, 0.2) is 23.8 Å². The average molecular weight is 286 g/mol. The van der Waals surface area contributed by atoms with Crippen LogP contribution in [0.25, 0.3) is 0 Å². The SMILES string of the molecule is CO[C@@H]1[C@@H](O)[C@H](/C(C)=C/C=C/[C@@H](O)[C@H](C)O)OC[C@@H]1C. The van der Waals surface area contributed by atoms with E-state index in [4.69, 9.17) is 14.6 Å². The first kappa shape index (κ1) is 17.3. The van der Waals surface area contributed by atoms with E-state index in [1.54, 1.807) is 19.3 Å². The summed E-state index contributed by atoms with van der Waals surface area (Å²) in [5.41, 5.74) is 0.848. The summed E-state index contributed by atoms with van der Waals surface area (Å²) in [4.78, 5) is 0. The van der Waals surface area contributed by atoms with Crippen LogP contribution in [0.4, 0.5) is 0 Å². The first-order valence-electron chi connectivity index (χ1n) is 6.92. The highest BCUT2D eigenvalue weighted by molar-refractivity contribution is 5.18. The molecule has 0 unspecified atom stereocenters. The lowest BCUT2D eigenvalue weighted by Crippen LogP contribution is -2.50. The van der Waals surface area contributed by atoms with Gasteiger partial charge in [-0.3, -0.25) is 0 Å². The lowest BCUT2D eigenvalue weighted by molar-refractivity contribution is -0.158. The molecule has 1 rings (SSSR count). The van der Waals surface area contributed by atoms with Crippen molar-refractivity contribution in [2.24, 2.45) is 5.92 Å². The molecule has 0 aliphatic carbocycles. The number of aliphatic hydroxyl groups excluding tert-OH is 3. The molecule has 0 bridgehead atoms. The predicted molar refractivity (Wildman–Crippen MR) is 76.3 cm³/mol. The van der Waals surface area contributed by atoms with Crippen molar-refractivity contribution in [3.8, 4) is 0 Å². The molecule has 0 aromatic heterocycles. The topological polar surface area (TPSA) is 79.2 Å². The molecule has 0 saturated carbocycles. The molecule has 5 heteroatoms. The smallest absolute Gasteiger partial charge is 0.110 e. The van der Waals surface area contributed by atoms with Crippen LogP contribution in [0.1, 0.15) is 20.8 Å². The van der Waals surface area contributed by atoms with E-state index in [-0.39, 0.29) is 12.0 Å². The maximum Gasteiger partial charge on any atom is 0.110 e. The lowest BCUT2D eigenvalue weighted by atomic mass is 9.90. The van der Waals surface area contributed by atoms with E-state index in [2.05, 4.69) is 0 Å². The van der Waals surface area contributed by atoms with Crippen molar-refractivity contribution < 1.29 is 24.8 Å². The summed E-state index contributed by atoms with van der Waals surface area (Å²) in [7, 11) is 1.59. The second-order valence-corrected chi connectivity index (χ2v) is 5.45. The molecule has 1 aliphatic heterocycles. The van der Waals surface area contributed by atoms with Crippen molar-refractivity contribution in [3.63, 3.8) is 0 Å². The lowest BCUT2D eigenvalue weighted by Gasteiger charge is -2.38. The zero-order valence-corrected chi connectivity index (χ0v) is 12.6. The molecule has 0 amide bonds. The molecule has 3 N–H and O–H groups in total. The van der Waals surface area contributed by atoms with Crippen LogP contribution in [-0.4, -0.2) is 59.6 Å². The van der Waals surface area contributed by atoms with Gasteiger partial charge in [-0.15, -0.1) is 0 Å². The van der Waals surface area contributed by atoms with Gasteiger partial charge in [-0.1, -0.05) is 25.2 Å². The van der Waals surface area contributed by atoms with E-state index >= 15 is 0 Å². The van der Waals surface area contributed by atoms with Crippen molar-refractivity contribution in [2.45, 2.75) is 51.3 Å². The van der Waals surface area contributed by atoms with Crippen LogP contribution in [0, 0.1) is 5.92 Å². The number of aliphatic hydroxyl groups is 3. The van der Waals surface area contributed by atoms with Crippen LogP contribution in [0.2, 0.25) is 0 Å². The second kappa shape index (κ2) is 7.90. The summed E-state index contributed by atoms with van der Waals surface area (Å²) in [6.07, 6.45) is 1.84. The van der Waals surface area contributed by atoms with Crippen molar-refractivity contribution in [1.29, 1.82) is 0 Å². The summed E-state index contributed by atoms with van der Waals surface area (Å²) in [6, 6.07) is 0. The molecule has 0 aromatic rings. The molecule has 1 saturated heterocycles. The van der Waals surface area contributed by atoms with Gasteiger partial charge in [0.25, 0.3) is 0 Å². The Kier molecular flexibility index (Phi) is 6.85. The number of rotatable bonds is 5. The van der Waals surface area contributed by atoms with Crippen LogP contribution in [0.5, 0.6) is 0 Å². The molecule has 0 radical (unpaired) electrons. The van der Waals surface area contributed by atoms with Gasteiger partial charge in [0.15, 0.2) is 0 Å². The molecule has 0 aromatic carbocycles. The van der Waals surface area contributed by atoms with Gasteiger partial charge in [0, 0.05) is 13.0 Å². The Labute approximate surface area is 120 Å². The second-order valence-electron chi connectivity index (χ2n) is 5.45. The number of ether oxygens (including phenoxy) is 2. The fraction of sp³-hybridized carbons (Fsp3) is 0.733. The minimum atomic E-state index is -0.900. The van der Waals surface area contributed by atoms with E-state index in [9.17, 15) is 10.2 Å². The quantitative estimate of drug-likeness (QED) is 0.646. The van der Waals surface area contributed by atoms with Gasteiger partial charge < -0.3 is 24.8 Å². The Balaban J connectivity index is 2.69. The third-order valence-electron chi connectivity index (χ3n) is 3.63. The Morgan fingerprint density at radius 1 is 1.40 bits per heavy atom. The Morgan fingerprint density at radius 2 is 2.05 bits per heavy atom. The average Bonchev–Trinajstić information content (AvgIpc) is 2.38. The van der Waals surface area contributed by atoms with Gasteiger partial charge in [0.2, 0.25) is 0 Å². The third kappa shape index (κ3) is 4.40. The zero-order valence-electron chi connectivity index (χ0n) is 12.6. The molecule has 20 heavy (non-hydrogen) atoms. The van der Waals surface area contributed by atoms with Crippen molar-refractivity contribution in [2.75, 3.05) is 13.7 Å². The number of methoxy groups -OCH3 is 1. The van der Waals surface area contributed by atoms with Gasteiger partial charge in [0.1, 0.15) is 12.2 Å². The third-order valence-corrected chi connectivity index (χ3v) is 3.63. The molecule has 1 heterocycles. The fourth-order valence-electron chi connectivity index (χ4n) is 2.31. The number of hydrogen-bond donors (Lipinski definition) is 3. The number of allylic oxidation sites excluding steroid dienone is 2. The molecular formula is C15H26O5. The van der Waals surface area contributed by atoms with Crippen LogP contribution in [0.3, 0.4) is 0 Å². The van der Waals surface area contributed by atoms with E-state index in [0.29, 0.717) is 6.61 Å². The molecule has 116 valence electrons. The largest absolute Gasteiger partial charge is 0.390 e. The van der Waals surface area contributed by atoms with Crippen LogP contribution >= 0.6 is 0 Å². The first-order chi connectivity index (χ1) is 9.38. The molecule has 1 fully saturated rings. The van der Waals surface area contributed by atoms with Crippen molar-refractivity contribution in [1.82, 2.24) is 0 Å². The summed E-state index contributed by atoms with van der Waals surface area (Å²) in [5, 5.41) is 28.9. The van der Waals surface area contributed by atoms with Crippen molar-refractivity contribution in [3.05, 3.63) is 23.8 Å². The first-order valence-corrected chi connectivity index (χ1v) is 6.92. The summed E-state index contributed by atoms with van der Waals surface area (Å²) < 4.78 is 11.0. The Morgan fingerprint density at radius 3 is 2.60 bits per heavy atom. The monoisotopic (exact) mass is 286 g/mol. The molecular weight excluding hydrogens is 260 g/mol. The highest BCUT2D eigenvalue weighted by Crippen LogP contribution is 2.26. The van der Waals surface area contributed by atoms with Crippen LogP contribution in [-0.2, 0) is 9.47 Å². The van der Waals surface area contributed by atoms with E-state index < -0.39 is 24.4 Å². The summed E-state index contributed by atoms with van der Waals surface area (Å²) in [6.45, 7) is 5.89. The maximum atomic E-state index is 10.3. The summed E-state index contributed by atoms with van der Waals surface area (Å²) in [5.74, 6) is 0.145. The molecule has 0 spiro atoms. The molecule has 1 aliphatic rings. The highest BCUT2D eigenvalue weighted by atomic mass is 16.5. The Hall–Kier alpha value is -0.720. The summed E-state index contributed by atoms with van der Waals surface area (Å²) >= 11 is 0. The maximum absolute atomic E-state index is 10.3. The van der Waals surface area contributed by atoms with Gasteiger partial charge in [-0.25, -0.2) is 0 Å². The van der Waals surface area contributed by atoms with Gasteiger partial charge >= 0.3 is 0 Å². The van der Waals surface area contributed by atoms with Gasteiger partial charge in [-0.05, 0) is 19.4 Å². The van der Waals surface area contributed by atoms with Crippen LogP contribution < -0.4 is 0 Å². The van der Waals surface area contributed by atoms with Gasteiger partial charge in [0.05, 0.1) is 24.9 Å². The molecule has 6 atom stereocenters. The zero-order chi connectivity index (χ0) is 15.3. The fourth-order valence-corrected chi connectivity index (χ4v) is 2.31. The van der Waals surface area contributed by atoms with Crippen molar-refractivity contribution >= 4 is 0 Å². The standard InChI is InChI=1S/C15H26O5/c1-9(6-5-7-12(17)11(3)16)15-13(18)14(19-4)10(2)8-20-15/h5-7,10-18H,8H2,1-4H3/b7-5+,9-6+/t10-,11-,12+,13+,14-,15-/m0/s1. The van der Waals surface area contributed by atoms with E-state index in [0.717, 1.165) is 5.57 Å². The molecule has 5 nitrogen and oxygen atoms in total. The highest BCUT2D eigenvalue weighted by Gasteiger charge is 2.38. The Bertz CT molecular complexity index is 350. The minimum absolute atomic E-state index is 0.145. The van der Waals surface area contributed by atoms with Gasteiger partial charge in [-0.2, -0.15) is 0 Å². The normalized spacial score (nSPS) is 35.2. The predicted octanol–water partition coefficient (Wildman–Crippen LogP) is 0.641. The van der Waals surface area contributed by atoms with E-state index in [1.807, 2.05) is 13.8 Å². The van der Waals surface area contributed by atoms with E-state index in [1.165, 1.54) is 13.0 Å².